The number of hydrogen-bond donors (Lipinski definition) is 1. The van der Waals surface area contributed by atoms with Crippen molar-refractivity contribution in [1.29, 1.82) is 0 Å². The van der Waals surface area contributed by atoms with Crippen molar-refractivity contribution < 1.29 is 13.2 Å². The fraction of sp³-hybridized carbons (Fsp3) is 0.417. The molecule has 0 amide bonds. The van der Waals surface area contributed by atoms with Gasteiger partial charge in [-0.05, 0) is 37.1 Å². The fourth-order valence-electron chi connectivity index (χ4n) is 2.24. The van der Waals surface area contributed by atoms with Gasteiger partial charge in [-0.25, -0.2) is 5.01 Å². The molecule has 20 heavy (non-hydrogen) atoms. The molecular formula is C12H14Cl2N2O3S. The van der Waals surface area contributed by atoms with Crippen molar-refractivity contribution in [3.05, 3.63) is 34.9 Å². The first-order valence-electron chi connectivity index (χ1n) is 6.12. The van der Waals surface area contributed by atoms with Gasteiger partial charge < -0.3 is 0 Å². The van der Waals surface area contributed by atoms with E-state index in [1.54, 1.807) is 24.3 Å². The zero-order valence-corrected chi connectivity index (χ0v) is 12.9. The van der Waals surface area contributed by atoms with Crippen LogP contribution in [0.1, 0.15) is 23.2 Å². The normalized spacial score (nSPS) is 18.1. The summed E-state index contributed by atoms with van der Waals surface area (Å²) in [6, 6.07) is 6.79. The minimum Gasteiger partial charge on any atom is -0.294 e. The summed E-state index contributed by atoms with van der Waals surface area (Å²) in [6.45, 7) is 0.909. The van der Waals surface area contributed by atoms with Gasteiger partial charge >= 0.3 is 9.24 Å². The van der Waals surface area contributed by atoms with E-state index >= 15 is 0 Å². The van der Waals surface area contributed by atoms with Crippen LogP contribution in [0.5, 0.6) is 0 Å². The van der Waals surface area contributed by atoms with E-state index in [1.807, 2.05) is 0 Å². The van der Waals surface area contributed by atoms with Crippen LogP contribution in [0.3, 0.4) is 0 Å². The third-order valence-corrected chi connectivity index (χ3v) is 4.17. The van der Waals surface area contributed by atoms with Gasteiger partial charge in [0.05, 0.1) is 0 Å². The second kappa shape index (κ2) is 6.41. The van der Waals surface area contributed by atoms with Crippen LogP contribution >= 0.6 is 22.3 Å². The number of carbonyl (C=O) groups excluding carboxylic acids is 1. The standard InChI is InChI=1S/C12H14Cl2N2O3S/c13-11-3-1-9(2-4-11)12(17)10-5-7-16(8-6-10)15-20(14,18)19/h1-4,10,15H,5-8H2. The Morgan fingerprint density at radius 3 is 2.25 bits per heavy atom. The van der Waals surface area contributed by atoms with E-state index in [0.29, 0.717) is 36.5 Å². The Kier molecular flexibility index (Phi) is 5.04. The number of benzene rings is 1. The smallest absolute Gasteiger partial charge is 0.294 e. The molecule has 0 spiro atoms. The quantitative estimate of drug-likeness (QED) is 0.676. The average molecular weight is 337 g/mol. The maximum Gasteiger partial charge on any atom is 0.310 e. The predicted octanol–water partition coefficient (Wildman–Crippen LogP) is 2.22. The van der Waals surface area contributed by atoms with Gasteiger partial charge in [-0.1, -0.05) is 11.6 Å². The molecule has 1 fully saturated rings. The second-order valence-corrected chi connectivity index (χ2v) is 7.38. The van der Waals surface area contributed by atoms with Gasteiger partial charge in [0.1, 0.15) is 0 Å². The molecule has 0 saturated carbocycles. The summed E-state index contributed by atoms with van der Waals surface area (Å²) in [5.74, 6) is -0.0395. The highest BCUT2D eigenvalue weighted by atomic mass is 35.7. The van der Waals surface area contributed by atoms with Crippen LogP contribution in [-0.2, 0) is 9.24 Å². The summed E-state index contributed by atoms with van der Waals surface area (Å²) < 4.78 is 21.8. The van der Waals surface area contributed by atoms with E-state index in [0.717, 1.165) is 0 Å². The molecule has 1 N–H and O–H groups in total. The molecule has 0 radical (unpaired) electrons. The zero-order valence-electron chi connectivity index (χ0n) is 10.6. The molecule has 0 aliphatic carbocycles. The lowest BCUT2D eigenvalue weighted by Crippen LogP contribution is -2.46. The summed E-state index contributed by atoms with van der Waals surface area (Å²) >= 11 is 5.79. The van der Waals surface area contributed by atoms with Gasteiger partial charge in [0.2, 0.25) is 0 Å². The van der Waals surface area contributed by atoms with E-state index in [1.165, 1.54) is 5.01 Å². The van der Waals surface area contributed by atoms with Crippen LogP contribution in [0.4, 0.5) is 0 Å². The van der Waals surface area contributed by atoms with Crippen molar-refractivity contribution in [2.75, 3.05) is 13.1 Å². The van der Waals surface area contributed by atoms with Gasteiger partial charge in [0.15, 0.2) is 5.78 Å². The number of halogens is 2. The molecule has 5 nitrogen and oxygen atoms in total. The van der Waals surface area contributed by atoms with Crippen molar-refractivity contribution in [1.82, 2.24) is 9.84 Å². The van der Waals surface area contributed by atoms with Crippen molar-refractivity contribution in [2.45, 2.75) is 12.8 Å². The molecule has 0 bridgehead atoms. The van der Waals surface area contributed by atoms with E-state index in [-0.39, 0.29) is 11.7 Å². The Morgan fingerprint density at radius 1 is 1.20 bits per heavy atom. The Hall–Kier alpha value is -0.660. The van der Waals surface area contributed by atoms with Crippen molar-refractivity contribution in [2.24, 2.45) is 5.92 Å². The molecule has 1 aliphatic heterocycles. The van der Waals surface area contributed by atoms with E-state index in [2.05, 4.69) is 4.83 Å². The van der Waals surface area contributed by atoms with Gasteiger partial charge in [-0.15, -0.1) is 4.83 Å². The molecule has 1 aromatic rings. The maximum atomic E-state index is 12.3. The lowest BCUT2D eigenvalue weighted by Gasteiger charge is -2.30. The summed E-state index contributed by atoms with van der Waals surface area (Å²) in [7, 11) is 1.35. The lowest BCUT2D eigenvalue weighted by atomic mass is 9.89. The van der Waals surface area contributed by atoms with Crippen molar-refractivity contribution in [3.63, 3.8) is 0 Å². The number of piperidine rings is 1. The SMILES string of the molecule is O=C(c1ccc(Cl)cc1)C1CCN(NS(=O)(=O)Cl)CC1. The summed E-state index contributed by atoms with van der Waals surface area (Å²) in [5.41, 5.74) is 0.630. The first kappa shape index (κ1) is 15.7. The molecule has 0 atom stereocenters. The number of nitrogens with zero attached hydrogens (tertiary/aromatic N) is 1. The molecular weight excluding hydrogens is 323 g/mol. The first-order chi connectivity index (χ1) is 9.35. The number of carbonyl (C=O) groups is 1. The van der Waals surface area contributed by atoms with E-state index in [9.17, 15) is 13.2 Å². The van der Waals surface area contributed by atoms with Crippen molar-refractivity contribution in [3.8, 4) is 0 Å². The van der Waals surface area contributed by atoms with Crippen LogP contribution in [0.25, 0.3) is 0 Å². The molecule has 8 heteroatoms. The largest absolute Gasteiger partial charge is 0.310 e. The molecule has 110 valence electrons. The third-order valence-electron chi connectivity index (χ3n) is 3.23. The lowest BCUT2D eigenvalue weighted by molar-refractivity contribution is 0.0823. The number of hydrogen-bond acceptors (Lipinski definition) is 4. The van der Waals surface area contributed by atoms with Crippen LogP contribution < -0.4 is 4.83 Å². The van der Waals surface area contributed by atoms with E-state index < -0.39 is 9.24 Å². The number of Topliss-reactive ketones (excluding diaryl/α,β-unsaturated/α-hetero) is 1. The highest BCUT2D eigenvalue weighted by Crippen LogP contribution is 2.22. The predicted molar refractivity (Wildman–Crippen MR) is 78.0 cm³/mol. The number of ketones is 1. The molecule has 1 aliphatic rings. The Balaban J connectivity index is 1.93. The molecule has 1 saturated heterocycles. The maximum absolute atomic E-state index is 12.3. The fourth-order valence-corrected chi connectivity index (χ4v) is 3.15. The first-order valence-corrected chi connectivity index (χ1v) is 8.80. The number of nitrogens with one attached hydrogen (secondary N) is 1. The molecule has 2 rings (SSSR count). The highest BCUT2D eigenvalue weighted by Gasteiger charge is 2.27. The Morgan fingerprint density at radius 2 is 1.75 bits per heavy atom. The van der Waals surface area contributed by atoms with Crippen LogP contribution in [0, 0.1) is 5.92 Å². The van der Waals surface area contributed by atoms with Gasteiger partial charge in [-0.2, -0.15) is 8.42 Å². The van der Waals surface area contributed by atoms with Crippen molar-refractivity contribution >= 4 is 37.3 Å². The summed E-state index contributed by atoms with van der Waals surface area (Å²) in [5, 5.41) is 2.10. The van der Waals surface area contributed by atoms with Gasteiger partial charge in [0.25, 0.3) is 0 Å². The van der Waals surface area contributed by atoms with Crippen LogP contribution in [0.2, 0.25) is 5.02 Å². The van der Waals surface area contributed by atoms with Crippen LogP contribution in [-0.4, -0.2) is 32.3 Å². The Bertz CT molecular complexity index is 581. The molecule has 0 aromatic heterocycles. The highest BCUT2D eigenvalue weighted by molar-refractivity contribution is 8.12. The van der Waals surface area contributed by atoms with Crippen LogP contribution in [0.15, 0.2) is 24.3 Å². The summed E-state index contributed by atoms with van der Waals surface area (Å²) in [4.78, 5) is 14.5. The van der Waals surface area contributed by atoms with Gasteiger partial charge in [-0.3, -0.25) is 4.79 Å². The zero-order chi connectivity index (χ0) is 14.8. The minimum atomic E-state index is -3.77. The second-order valence-electron chi connectivity index (χ2n) is 4.66. The molecule has 1 aromatic carbocycles. The summed E-state index contributed by atoms with van der Waals surface area (Å²) in [6.07, 6.45) is 1.17. The molecule has 0 unspecified atom stereocenters. The van der Waals surface area contributed by atoms with Gasteiger partial charge in [0, 0.05) is 40.3 Å². The monoisotopic (exact) mass is 336 g/mol. The van der Waals surface area contributed by atoms with E-state index in [4.69, 9.17) is 22.3 Å². The number of rotatable bonds is 4. The molecule has 1 heterocycles. The topological polar surface area (TPSA) is 66.5 Å². The average Bonchev–Trinajstić information content (AvgIpc) is 2.38. The minimum absolute atomic E-state index is 0.0649. The number of hydrazine groups is 1. The Labute approximate surface area is 127 Å². The third kappa shape index (κ3) is 4.43.